The Morgan fingerprint density at radius 3 is 2.60 bits per heavy atom. The average Bonchev–Trinajstić information content (AvgIpc) is 3.41. The van der Waals surface area contributed by atoms with Crippen LogP contribution in [0.3, 0.4) is 0 Å². The first-order valence-electron chi connectivity index (χ1n) is 14.8. The number of likely N-dealkylation sites (tertiary alicyclic amines) is 1. The zero-order valence-corrected chi connectivity index (χ0v) is 23.8. The van der Waals surface area contributed by atoms with Gasteiger partial charge in [-0.1, -0.05) is 12.1 Å². The number of aryl methyl sites for hydroxylation is 1. The largest absolute Gasteiger partial charge is 0.494 e. The molecule has 9 heteroatoms. The van der Waals surface area contributed by atoms with Gasteiger partial charge in [0.2, 0.25) is 5.56 Å². The Morgan fingerprint density at radius 1 is 1.07 bits per heavy atom. The number of aromatic nitrogens is 4. The molecule has 8 rings (SSSR count). The van der Waals surface area contributed by atoms with E-state index in [9.17, 15) is 9.59 Å². The fourth-order valence-corrected chi connectivity index (χ4v) is 7.23. The number of hydrogen-bond acceptors (Lipinski definition) is 5. The molecule has 2 bridgehead atoms. The van der Waals surface area contributed by atoms with Gasteiger partial charge in [-0.25, -0.2) is 4.98 Å². The Hall–Kier alpha value is -4.37. The van der Waals surface area contributed by atoms with Crippen LogP contribution < -0.4 is 16.0 Å². The summed E-state index contributed by atoms with van der Waals surface area (Å²) in [6.45, 7) is 1.64. The highest BCUT2D eigenvalue weighted by Crippen LogP contribution is 2.40. The van der Waals surface area contributed by atoms with Gasteiger partial charge in [0.25, 0.3) is 5.91 Å². The number of benzene rings is 2. The maximum absolute atomic E-state index is 13.7. The highest BCUT2D eigenvalue weighted by molar-refractivity contribution is 6.00. The highest BCUT2D eigenvalue weighted by Gasteiger charge is 2.47. The number of carbonyl (C=O) groups excluding carboxylic acids is 1. The lowest BCUT2D eigenvalue weighted by Crippen LogP contribution is -2.41. The van der Waals surface area contributed by atoms with Crippen LogP contribution in [0.4, 0.5) is 0 Å². The minimum atomic E-state index is -0.113. The first kappa shape index (κ1) is 25.3. The zero-order chi connectivity index (χ0) is 28.7. The number of nitrogens with two attached hydrogens (primary N) is 1. The second kappa shape index (κ2) is 9.32. The van der Waals surface area contributed by atoms with Crippen LogP contribution in [0.5, 0.6) is 5.75 Å². The summed E-state index contributed by atoms with van der Waals surface area (Å²) in [6.07, 6.45) is 6.28. The van der Waals surface area contributed by atoms with E-state index in [0.29, 0.717) is 23.1 Å². The van der Waals surface area contributed by atoms with Crippen molar-refractivity contribution < 1.29 is 9.53 Å². The summed E-state index contributed by atoms with van der Waals surface area (Å²) in [5.74, 6) is 2.51. The van der Waals surface area contributed by atoms with E-state index in [0.717, 1.165) is 70.5 Å². The number of nitrogens with one attached hydrogen (secondary N) is 1. The summed E-state index contributed by atoms with van der Waals surface area (Å²) >= 11 is 0. The van der Waals surface area contributed by atoms with E-state index in [4.69, 9.17) is 15.5 Å². The summed E-state index contributed by atoms with van der Waals surface area (Å²) in [6, 6.07) is 16.0. The number of rotatable bonds is 6. The molecule has 3 unspecified atom stereocenters. The topological polar surface area (TPSA) is 111 Å². The molecular formula is C33H34N6O3. The summed E-state index contributed by atoms with van der Waals surface area (Å²) in [4.78, 5) is 35.2. The van der Waals surface area contributed by atoms with Crippen LogP contribution in [0.25, 0.3) is 44.6 Å². The molecule has 0 radical (unpaired) electrons. The molecule has 3 atom stereocenters. The lowest BCUT2D eigenvalue weighted by Gasteiger charge is -2.27. The molecule has 3 fully saturated rings. The van der Waals surface area contributed by atoms with E-state index in [2.05, 4.69) is 38.4 Å². The molecule has 4 heterocycles. The Kier molecular flexibility index (Phi) is 5.63. The number of fused-ring (bicyclic) bond motifs is 4. The van der Waals surface area contributed by atoms with Crippen LogP contribution in [0, 0.1) is 11.8 Å². The molecular weight excluding hydrogens is 528 g/mol. The van der Waals surface area contributed by atoms with Gasteiger partial charge in [-0.05, 0) is 79.0 Å². The van der Waals surface area contributed by atoms with Gasteiger partial charge >= 0.3 is 0 Å². The van der Waals surface area contributed by atoms with E-state index >= 15 is 0 Å². The first-order valence-corrected chi connectivity index (χ1v) is 14.8. The van der Waals surface area contributed by atoms with Gasteiger partial charge < -0.3 is 29.5 Å². The minimum Gasteiger partial charge on any atom is -0.494 e. The van der Waals surface area contributed by atoms with Crippen LogP contribution in [-0.2, 0) is 13.6 Å². The monoisotopic (exact) mass is 562 g/mol. The number of methoxy groups -OCH3 is 1. The molecule has 2 saturated carbocycles. The fourth-order valence-electron chi connectivity index (χ4n) is 7.23. The van der Waals surface area contributed by atoms with E-state index in [1.165, 1.54) is 12.8 Å². The summed E-state index contributed by atoms with van der Waals surface area (Å²) < 4.78 is 10.3. The third kappa shape index (κ3) is 3.90. The molecule has 1 aliphatic heterocycles. The number of H-pyrrole nitrogens is 1. The van der Waals surface area contributed by atoms with Crippen molar-refractivity contribution in [3.05, 3.63) is 70.6 Å². The molecule has 214 valence electrons. The third-order valence-corrected chi connectivity index (χ3v) is 9.70. The molecule has 3 aliphatic rings. The molecule has 5 aromatic rings. The number of carbonyl (C=O) groups is 1. The number of amides is 1. The van der Waals surface area contributed by atoms with E-state index in [-0.39, 0.29) is 23.6 Å². The van der Waals surface area contributed by atoms with Crippen molar-refractivity contribution in [3.63, 3.8) is 0 Å². The predicted molar refractivity (Wildman–Crippen MR) is 163 cm³/mol. The standard InChI is InChI=1S/C33H34N6O3/c1-37-31-24(11-23(14-28(31)42-2)33(41)39-17-22-7-9-25(39)30(22)34)36-32(37)27-13-20-6-5-19(21-8-10-29(40)35-15-21)12-26(20)38(27)16-18-3-4-18/h5-6,8,10-15,18,22,25,30H,3-4,7,9,16-17,34H2,1-2H3,(H,35,40). The van der Waals surface area contributed by atoms with Crippen LogP contribution >= 0.6 is 0 Å². The number of nitrogens with zero attached hydrogens (tertiary/aromatic N) is 4. The molecule has 2 aromatic carbocycles. The fraction of sp³-hybridized carbons (Fsp3) is 0.364. The number of piperidine rings is 1. The van der Waals surface area contributed by atoms with Crippen LogP contribution in [0.1, 0.15) is 36.0 Å². The zero-order valence-electron chi connectivity index (χ0n) is 23.8. The molecule has 42 heavy (non-hydrogen) atoms. The van der Waals surface area contributed by atoms with Crippen molar-refractivity contribution in [2.75, 3.05) is 13.7 Å². The van der Waals surface area contributed by atoms with Crippen LogP contribution in [0.15, 0.2) is 59.5 Å². The summed E-state index contributed by atoms with van der Waals surface area (Å²) in [7, 11) is 3.66. The quantitative estimate of drug-likeness (QED) is 0.316. The molecule has 9 nitrogen and oxygen atoms in total. The molecule has 3 N–H and O–H groups in total. The van der Waals surface area contributed by atoms with Crippen molar-refractivity contribution in [2.24, 2.45) is 24.6 Å². The average molecular weight is 563 g/mol. The Balaban J connectivity index is 1.24. The van der Waals surface area contributed by atoms with Gasteiger partial charge in [-0.2, -0.15) is 0 Å². The van der Waals surface area contributed by atoms with Gasteiger partial charge in [0.05, 0.1) is 18.3 Å². The third-order valence-electron chi connectivity index (χ3n) is 9.70. The Labute approximate surface area is 242 Å². The number of aromatic amines is 1. The SMILES string of the molecule is COc1cc(C(=O)N2CC3CCC2C3N)cc2nc(-c3cc4ccc(-c5ccc(=O)[nH]c5)cc4n3CC3CC3)n(C)c12. The van der Waals surface area contributed by atoms with E-state index < -0.39 is 0 Å². The van der Waals surface area contributed by atoms with Gasteiger partial charge in [0.1, 0.15) is 11.3 Å². The van der Waals surface area contributed by atoms with Gasteiger partial charge in [0, 0.05) is 61.0 Å². The molecule has 2 aliphatic carbocycles. The van der Waals surface area contributed by atoms with Crippen LogP contribution in [0.2, 0.25) is 0 Å². The van der Waals surface area contributed by atoms with Gasteiger partial charge in [0.15, 0.2) is 5.82 Å². The Bertz CT molecular complexity index is 1930. The second-order valence-corrected chi connectivity index (χ2v) is 12.3. The number of hydrogen-bond donors (Lipinski definition) is 2. The Morgan fingerprint density at radius 2 is 1.90 bits per heavy atom. The smallest absolute Gasteiger partial charge is 0.254 e. The second-order valence-electron chi connectivity index (χ2n) is 12.3. The van der Waals surface area contributed by atoms with E-state index in [1.807, 2.05) is 30.1 Å². The van der Waals surface area contributed by atoms with Gasteiger partial charge in [-0.15, -0.1) is 0 Å². The predicted octanol–water partition coefficient (Wildman–Crippen LogP) is 4.53. The van der Waals surface area contributed by atoms with Crippen LogP contribution in [-0.4, -0.2) is 55.6 Å². The number of imidazole rings is 1. The molecule has 1 amide bonds. The summed E-state index contributed by atoms with van der Waals surface area (Å²) in [5.41, 5.74) is 12.7. The lowest BCUT2D eigenvalue weighted by molar-refractivity contribution is 0.0700. The maximum atomic E-state index is 13.7. The minimum absolute atomic E-state index is 0.00249. The van der Waals surface area contributed by atoms with Crippen molar-refractivity contribution in [3.8, 4) is 28.4 Å². The van der Waals surface area contributed by atoms with Crippen molar-refractivity contribution >= 4 is 27.8 Å². The van der Waals surface area contributed by atoms with Crippen molar-refractivity contribution in [2.45, 2.75) is 44.3 Å². The molecule has 0 spiro atoms. The first-order chi connectivity index (χ1) is 20.4. The van der Waals surface area contributed by atoms with Crippen molar-refractivity contribution in [1.82, 2.24) is 24.0 Å². The van der Waals surface area contributed by atoms with E-state index in [1.54, 1.807) is 19.4 Å². The normalized spacial score (nSPS) is 21.6. The number of ether oxygens (including phenoxy) is 1. The maximum Gasteiger partial charge on any atom is 0.254 e. The summed E-state index contributed by atoms with van der Waals surface area (Å²) in [5, 5.41) is 1.13. The van der Waals surface area contributed by atoms with Gasteiger partial charge in [-0.3, -0.25) is 9.59 Å². The lowest BCUT2D eigenvalue weighted by atomic mass is 10.1. The highest BCUT2D eigenvalue weighted by atomic mass is 16.5. The molecule has 1 saturated heterocycles. The molecule has 3 aromatic heterocycles. The van der Waals surface area contributed by atoms with Crippen molar-refractivity contribution in [1.29, 1.82) is 0 Å². The number of pyridine rings is 1.